The molecule has 50 nitrogen and oxygen atoms in total. The second-order valence-corrected chi connectivity index (χ2v) is 31.5. The largest absolute Gasteiger partial charge is 0.508 e. The molecule has 3 aromatic carbocycles. The molecule has 13 amide bonds. The van der Waals surface area contributed by atoms with E-state index >= 15 is 9.59 Å². The van der Waals surface area contributed by atoms with Crippen LogP contribution in [-0.2, 0) is 64.0 Å². The molecule has 732 valence electrons. The van der Waals surface area contributed by atoms with Crippen LogP contribution in [0.3, 0.4) is 0 Å². The summed E-state index contributed by atoms with van der Waals surface area (Å²) in [6.07, 6.45) is -1.53. The summed E-state index contributed by atoms with van der Waals surface area (Å²) in [5.41, 5.74) is 57.7. The van der Waals surface area contributed by atoms with Crippen LogP contribution in [0.15, 0.2) is 94.1 Å². The molecule has 0 aromatic heterocycles. The Balaban J connectivity index is 1.44. The van der Waals surface area contributed by atoms with E-state index in [2.05, 4.69) is 90.4 Å². The Bertz CT molecular complexity index is 4920. The van der Waals surface area contributed by atoms with E-state index in [0.717, 1.165) is 0 Å². The molecule has 0 saturated carbocycles. The first-order chi connectivity index (χ1) is 63.8. The van der Waals surface area contributed by atoms with Gasteiger partial charge >= 0.3 is 0 Å². The number of carbonyl (C=O) groups excluding carboxylic acids is 13. The molecule has 134 heavy (non-hydrogen) atoms. The molecular weight excluding hydrogens is 1740 g/mol. The van der Waals surface area contributed by atoms with Crippen LogP contribution < -0.4 is 153 Å². The number of primary amides is 2. The molecule has 0 saturated heterocycles. The quantitative estimate of drug-likeness (QED) is 0.00745. The lowest BCUT2D eigenvalue weighted by molar-refractivity contribution is -0.136. The maximum Gasteiger partial charge on any atom is 0.252 e. The average Bonchev–Trinajstić information content (AvgIpc) is 0.747. The van der Waals surface area contributed by atoms with Gasteiger partial charge in [0.25, 0.3) is 5.91 Å². The molecule has 10 atom stereocenters. The van der Waals surface area contributed by atoms with Crippen molar-refractivity contribution in [2.24, 2.45) is 57.3 Å². The molecule has 0 spiro atoms. The van der Waals surface area contributed by atoms with Crippen molar-refractivity contribution in [2.75, 3.05) is 58.9 Å². The van der Waals surface area contributed by atoms with E-state index in [1.54, 1.807) is 24.3 Å². The SMILES string of the molecule is N=C(N)NCCC[C@H](NC(=O)[C@H](CCCNC(=N)N)NC(=O)[C@H](CCCNC(=N)N)NC(=O)[C@H](CCC(N)=O)NC(=O)[C@H](CCCNC(=N)N)NC(=O)[C@H](CCCNC(=N)N)NC(=O)[C@H](CCCCN)NC(=O)[C@H](CCCCN)NC(=O)[C@H](CCCNC(=N)N)NC(=O)CNC(=O)[C@H](Cc1ccc(O)cc1)NC(=O)c1ccccc1-c1c2ccc(=O)cc-2oc2cc(O)ccc12)C(N)=O. The van der Waals surface area contributed by atoms with Gasteiger partial charge in [0.2, 0.25) is 70.9 Å². The van der Waals surface area contributed by atoms with Crippen LogP contribution in [-0.4, -0.2) is 242 Å². The number of unbranched alkanes of at least 4 members (excludes halogenated alkanes) is 2. The molecule has 45 N–H and O–H groups in total. The van der Waals surface area contributed by atoms with E-state index in [4.69, 9.17) is 94.2 Å². The van der Waals surface area contributed by atoms with Gasteiger partial charge in [-0.05, 0) is 189 Å². The topological polar surface area (TPSA) is 900 Å². The number of guanidine groups is 6. The molecule has 0 bridgehead atoms. The molecule has 50 heteroatoms. The van der Waals surface area contributed by atoms with Crippen molar-refractivity contribution in [3.8, 4) is 33.9 Å². The predicted molar refractivity (Wildman–Crippen MR) is 498 cm³/mol. The maximum atomic E-state index is 15.0. The molecule has 3 aromatic rings. The number of nitrogens with two attached hydrogens (primary N) is 10. The number of benzene rings is 4. The van der Waals surface area contributed by atoms with Crippen molar-refractivity contribution < 1.29 is 77.0 Å². The fourth-order valence-corrected chi connectivity index (χ4v) is 14.0. The smallest absolute Gasteiger partial charge is 0.252 e. The summed E-state index contributed by atoms with van der Waals surface area (Å²) < 4.78 is 6.04. The molecular formula is C84H129N33O17. The van der Waals surface area contributed by atoms with E-state index in [9.17, 15) is 67.7 Å². The Morgan fingerprint density at radius 3 is 1.07 bits per heavy atom. The zero-order valence-electron chi connectivity index (χ0n) is 74.4. The van der Waals surface area contributed by atoms with Crippen LogP contribution in [0.2, 0.25) is 0 Å². The third kappa shape index (κ3) is 39.9. The first-order valence-electron chi connectivity index (χ1n) is 43.6. The van der Waals surface area contributed by atoms with Gasteiger partial charge in [0.15, 0.2) is 41.2 Å². The fraction of sp³-hybridized carbons (Fsp3) is 0.476. The highest BCUT2D eigenvalue weighted by atomic mass is 16.3. The van der Waals surface area contributed by atoms with E-state index < -0.39 is 186 Å². The summed E-state index contributed by atoms with van der Waals surface area (Å²) >= 11 is 0. The normalized spacial score (nSPS) is 13.1. The van der Waals surface area contributed by atoms with Gasteiger partial charge in [-0.25, -0.2) is 0 Å². The lowest BCUT2D eigenvalue weighted by Gasteiger charge is -2.28. The number of hydrogen-bond donors (Lipinski definition) is 35. The highest BCUT2D eigenvalue weighted by Gasteiger charge is 2.37. The van der Waals surface area contributed by atoms with Crippen molar-refractivity contribution in [3.05, 3.63) is 106 Å². The van der Waals surface area contributed by atoms with E-state index in [1.807, 2.05) is 0 Å². The number of nitrogens with one attached hydrogen (secondary N) is 23. The van der Waals surface area contributed by atoms with Crippen LogP contribution >= 0.6 is 0 Å². The lowest BCUT2D eigenvalue weighted by Crippen LogP contribution is -2.60. The van der Waals surface area contributed by atoms with Gasteiger partial charge in [-0.1, -0.05) is 30.3 Å². The van der Waals surface area contributed by atoms with E-state index in [-0.39, 0.29) is 201 Å². The predicted octanol–water partition coefficient (Wildman–Crippen LogP) is -6.62. The number of phenols is 2. The number of amides is 13. The van der Waals surface area contributed by atoms with Gasteiger partial charge in [-0.3, -0.25) is 99.6 Å². The lowest BCUT2D eigenvalue weighted by atomic mass is 9.90. The second kappa shape index (κ2) is 57.6. The Kier molecular flexibility index (Phi) is 46.9. The van der Waals surface area contributed by atoms with Crippen LogP contribution in [0.25, 0.3) is 33.4 Å². The molecule has 1 aliphatic carbocycles. The third-order valence-corrected chi connectivity index (χ3v) is 20.8. The monoisotopic (exact) mass is 1870 g/mol. The number of carbonyl (C=O) groups is 13. The van der Waals surface area contributed by atoms with Crippen LogP contribution in [0.1, 0.15) is 144 Å². The van der Waals surface area contributed by atoms with Crippen LogP contribution in [0.4, 0.5) is 0 Å². The number of fused-ring (bicyclic) bond motifs is 2. The Morgan fingerprint density at radius 2 is 0.694 bits per heavy atom. The summed E-state index contributed by atoms with van der Waals surface area (Å²) in [6.45, 7) is -0.588. The molecule has 0 unspecified atom stereocenters. The summed E-state index contributed by atoms with van der Waals surface area (Å²) in [5, 5.41) is 111. The maximum absolute atomic E-state index is 15.0. The van der Waals surface area contributed by atoms with Crippen LogP contribution in [0.5, 0.6) is 11.5 Å². The van der Waals surface area contributed by atoms with E-state index in [0.29, 0.717) is 40.5 Å². The number of aromatic hydroxyl groups is 2. The van der Waals surface area contributed by atoms with Gasteiger partial charge < -0.3 is 162 Å². The summed E-state index contributed by atoms with van der Waals surface area (Å²) in [6, 6.07) is 5.23. The third-order valence-electron chi connectivity index (χ3n) is 20.8. The minimum absolute atomic E-state index is 0.00312. The first-order valence-corrected chi connectivity index (χ1v) is 43.6. The fourth-order valence-electron chi connectivity index (χ4n) is 14.0. The van der Waals surface area contributed by atoms with Gasteiger partial charge in [-0.2, -0.15) is 0 Å². The summed E-state index contributed by atoms with van der Waals surface area (Å²) in [5.74, 6) is -15.2. The van der Waals surface area contributed by atoms with E-state index in [1.165, 1.54) is 60.7 Å². The minimum Gasteiger partial charge on any atom is -0.508 e. The molecule has 0 radical (unpaired) electrons. The Labute approximate surface area is 771 Å². The zero-order chi connectivity index (χ0) is 98.9. The second-order valence-electron chi connectivity index (χ2n) is 31.5. The highest BCUT2D eigenvalue weighted by molar-refractivity contribution is 6.10. The standard InChI is InChI=1S/C84H129N33O17/c85-33-5-3-15-55(110-71(126)54(18-8-36-102-80(91)92)108-66(122)44-107-70(125)62(41-45-23-25-46(118)26-24-45)117-69(124)50-14-2-1-13-49(50)67-51-29-27-47(119)42-63(51)134-64-43-48(120)28-30-52(64)67)73(128)111-56(16-4-6-34-86)74(129)113-58(20-10-38-104-82(95)96)75(130)114-60(22-12-40-106-84(99)100)77(132)116-61(31-32-65(87)121)78(133)115-59(21-11-39-105-83(97)98)76(131)112-57(19-9-37-103-81(93)94)72(127)109-53(68(88)123)17-7-35-101-79(89)90/h1-2,13-14,23-30,42-43,53-62,118-119H,3-12,15-22,31-41,44,85-86H2,(H2,87,121)(H2,88,123)(H,107,125)(H,108,122)(H,109,127)(H,110,126)(H,111,128)(H,112,131)(H,113,129)(H,114,130)(H,115,133)(H,116,132)(H,117,124)(H4,89,90,101)(H4,91,92,102)(H4,93,94,103)(H4,95,96,104)(H4,97,98,105)(H4,99,100,106)/t53-,54-,55-,56-,57-,58-,59-,60-,61-,62-/m0/s1. The van der Waals surface area contributed by atoms with Gasteiger partial charge in [-0.15, -0.1) is 0 Å². The van der Waals surface area contributed by atoms with Crippen LogP contribution in [0, 0.1) is 32.5 Å². The molecule has 1 heterocycles. The minimum atomic E-state index is -1.76. The zero-order valence-corrected chi connectivity index (χ0v) is 74.4. The van der Waals surface area contributed by atoms with Crippen molar-refractivity contribution in [1.82, 2.24) is 90.4 Å². The van der Waals surface area contributed by atoms with Gasteiger partial charge in [0.1, 0.15) is 83.3 Å². The average molecular weight is 1870 g/mol. The molecule has 5 rings (SSSR count). The Morgan fingerprint density at radius 1 is 0.343 bits per heavy atom. The number of phenolic OH excluding ortho intramolecular Hbond substituents is 2. The van der Waals surface area contributed by atoms with Gasteiger partial charge in [0.05, 0.1) is 6.54 Å². The molecule has 1 aliphatic heterocycles. The molecule has 0 fully saturated rings. The van der Waals surface area contributed by atoms with Gasteiger partial charge in [0, 0.05) is 86.3 Å². The van der Waals surface area contributed by atoms with Crippen molar-refractivity contribution >= 4 is 124 Å². The summed E-state index contributed by atoms with van der Waals surface area (Å²) in [7, 11) is 0. The van der Waals surface area contributed by atoms with Crippen molar-refractivity contribution in [3.63, 3.8) is 0 Å². The summed E-state index contributed by atoms with van der Waals surface area (Å²) in [4.78, 5) is 199. The Hall–Kier alpha value is -15.4. The van der Waals surface area contributed by atoms with Crippen molar-refractivity contribution in [2.45, 2.75) is 195 Å². The number of hydrogen-bond acceptors (Lipinski definition) is 25. The molecule has 2 aliphatic rings. The number of rotatable bonds is 61. The highest BCUT2D eigenvalue weighted by Crippen LogP contribution is 2.42. The van der Waals surface area contributed by atoms with Crippen molar-refractivity contribution in [1.29, 1.82) is 32.5 Å². The first kappa shape index (κ1) is 109.